The van der Waals surface area contributed by atoms with E-state index < -0.39 is 28.2 Å². The molecule has 2 unspecified atom stereocenters. The maximum atomic E-state index is 12.4. The van der Waals surface area contributed by atoms with E-state index in [4.69, 9.17) is 22.6 Å². The van der Waals surface area contributed by atoms with E-state index >= 15 is 0 Å². The molecule has 0 bridgehead atoms. The molecule has 0 amide bonds. The molecule has 0 N–H and O–H groups in total. The fourth-order valence-corrected chi connectivity index (χ4v) is 10.4. The number of carbonyl (C=O) groups is 1. The third-order valence-electron chi connectivity index (χ3n) is 10.7. The summed E-state index contributed by atoms with van der Waals surface area (Å²) in [5.74, 6) is 0.790. The number of hydrogen-bond donors (Lipinski definition) is 0. The number of cyclic esters (lactones) is 1. The molecule has 162 valence electrons. The highest BCUT2D eigenvalue weighted by Gasteiger charge is 3.03. The maximum Gasteiger partial charge on any atom is 0.334 e. The van der Waals surface area contributed by atoms with Gasteiger partial charge >= 0.3 is 17.3 Å². The van der Waals surface area contributed by atoms with Crippen molar-refractivity contribution in [1.82, 2.24) is 0 Å². The molecule has 6 fully saturated rings. The van der Waals surface area contributed by atoms with Crippen molar-refractivity contribution in [3.8, 4) is 0 Å². The lowest BCUT2D eigenvalue weighted by Gasteiger charge is -2.58. The van der Waals surface area contributed by atoms with Gasteiger partial charge in [-0.05, 0) is 54.4 Å². The van der Waals surface area contributed by atoms with Crippen molar-refractivity contribution in [3.63, 3.8) is 0 Å². The van der Waals surface area contributed by atoms with Crippen LogP contribution in [-0.2, 0) is 38.7 Å². The quantitative estimate of drug-likeness (QED) is 0.461. The number of rotatable bonds is 1. The van der Waals surface area contributed by atoms with Gasteiger partial charge in [-0.15, -0.1) is 0 Å². The van der Waals surface area contributed by atoms with Crippen LogP contribution < -0.4 is 0 Å². The van der Waals surface area contributed by atoms with E-state index in [2.05, 4.69) is 20.8 Å². The van der Waals surface area contributed by atoms with Crippen LogP contribution in [0, 0.1) is 28.6 Å². The first-order chi connectivity index (χ1) is 14.3. The average molecular weight is 435 g/mol. The van der Waals surface area contributed by atoms with Crippen molar-refractivity contribution in [1.29, 1.82) is 0 Å². The normalized spacial score (nSPS) is 63.5. The Balaban J connectivity index is 1.34. The van der Waals surface area contributed by atoms with E-state index in [1.807, 2.05) is 0 Å². The van der Waals surface area contributed by atoms with Gasteiger partial charge in [-0.1, -0.05) is 20.8 Å². The summed E-state index contributed by atoms with van der Waals surface area (Å²) in [6, 6.07) is 0. The molecule has 3 saturated carbocycles. The number of hydrogen-bond acceptors (Lipinski definition) is 7. The van der Waals surface area contributed by atoms with Crippen molar-refractivity contribution in [3.05, 3.63) is 11.1 Å². The van der Waals surface area contributed by atoms with Crippen LogP contribution in [0.5, 0.6) is 0 Å². The van der Waals surface area contributed by atoms with Crippen LogP contribution in [0.25, 0.3) is 0 Å². The zero-order chi connectivity index (χ0) is 20.5. The molecular weight excluding hydrogens is 408 g/mol. The molecule has 10 atom stereocenters. The second-order valence-corrected chi connectivity index (χ2v) is 12.1. The van der Waals surface area contributed by atoms with Crippen LogP contribution >= 0.6 is 0 Å². The first-order valence-electron chi connectivity index (χ1n) is 11.3. The molecule has 0 aromatic rings. The summed E-state index contributed by atoms with van der Waals surface area (Å²) in [5.41, 5.74) is 0.171. The molecule has 4 aliphatic heterocycles. The molecule has 3 spiro atoms. The fourth-order valence-electron chi connectivity index (χ4n) is 9.54. The van der Waals surface area contributed by atoms with Gasteiger partial charge in [0.25, 0.3) is 0 Å². The highest BCUT2D eigenvalue weighted by atomic mass is 32.2. The van der Waals surface area contributed by atoms with E-state index in [0.717, 1.165) is 31.3 Å². The van der Waals surface area contributed by atoms with Crippen molar-refractivity contribution < 1.29 is 31.6 Å². The molecule has 8 rings (SSSR count). The highest BCUT2D eigenvalue weighted by molar-refractivity contribution is 7.75. The maximum absolute atomic E-state index is 12.4. The van der Waals surface area contributed by atoms with Crippen molar-refractivity contribution >= 4 is 17.3 Å². The fraction of sp³-hybridized carbons (Fsp3) is 0.864. The van der Waals surface area contributed by atoms with Gasteiger partial charge in [0.05, 0.1) is 12.2 Å². The van der Waals surface area contributed by atoms with E-state index in [1.54, 1.807) is 0 Å². The zero-order valence-electron chi connectivity index (χ0n) is 17.4. The Morgan fingerprint density at radius 2 is 2.07 bits per heavy atom. The Morgan fingerprint density at radius 1 is 1.23 bits per heavy atom. The van der Waals surface area contributed by atoms with Gasteiger partial charge in [0, 0.05) is 11.0 Å². The summed E-state index contributed by atoms with van der Waals surface area (Å²) in [6.45, 7) is 7.43. The number of ether oxygens (including phenoxy) is 3. The average Bonchev–Trinajstić information content (AvgIpc) is 3.61. The van der Waals surface area contributed by atoms with Crippen LogP contribution in [0.4, 0.5) is 0 Å². The van der Waals surface area contributed by atoms with Gasteiger partial charge in [0.15, 0.2) is 5.60 Å². The summed E-state index contributed by atoms with van der Waals surface area (Å²) in [4.78, 5) is 12.3. The molecule has 8 heteroatoms. The Bertz CT molecular complexity index is 1010. The number of epoxide rings is 2. The van der Waals surface area contributed by atoms with Crippen LogP contribution in [0.15, 0.2) is 11.1 Å². The highest BCUT2D eigenvalue weighted by Crippen LogP contribution is 2.92. The first-order valence-corrected chi connectivity index (χ1v) is 12.3. The van der Waals surface area contributed by atoms with E-state index in [9.17, 15) is 9.00 Å². The number of carbonyl (C=O) groups excluding carboxylic acids is 1. The summed E-state index contributed by atoms with van der Waals surface area (Å²) in [6.07, 6.45) is 3.73. The summed E-state index contributed by atoms with van der Waals surface area (Å²) < 4.78 is 43.0. The van der Waals surface area contributed by atoms with Crippen LogP contribution in [0.2, 0.25) is 0 Å². The minimum atomic E-state index is -1.78. The zero-order valence-corrected chi connectivity index (χ0v) is 18.2. The van der Waals surface area contributed by atoms with Crippen molar-refractivity contribution in [2.24, 2.45) is 28.6 Å². The molecule has 7 nitrogen and oxygen atoms in total. The molecule has 4 heterocycles. The van der Waals surface area contributed by atoms with Gasteiger partial charge in [0.1, 0.15) is 24.4 Å². The van der Waals surface area contributed by atoms with Crippen LogP contribution in [-0.4, -0.2) is 52.4 Å². The van der Waals surface area contributed by atoms with Gasteiger partial charge in [-0.25, -0.2) is 4.79 Å². The lowest BCUT2D eigenvalue weighted by molar-refractivity contribution is -0.153. The van der Waals surface area contributed by atoms with Gasteiger partial charge in [-0.3, -0.25) is 8.37 Å². The number of fused-ring (bicyclic) bond motifs is 5. The summed E-state index contributed by atoms with van der Waals surface area (Å²) >= 11 is -1.78. The predicted octanol–water partition coefficient (Wildman–Crippen LogP) is 1.98. The molecule has 0 radical (unpaired) electrons. The Kier molecular flexibility index (Phi) is 2.73. The molecule has 0 aromatic carbocycles. The third-order valence-corrected chi connectivity index (χ3v) is 11.4. The second-order valence-electron chi connectivity index (χ2n) is 11.3. The minimum Gasteiger partial charge on any atom is -0.458 e. The minimum absolute atomic E-state index is 0.0163. The van der Waals surface area contributed by atoms with Crippen LogP contribution in [0.3, 0.4) is 0 Å². The number of esters is 1. The monoisotopic (exact) mass is 434 g/mol. The lowest BCUT2D eigenvalue weighted by Crippen LogP contribution is -2.73. The van der Waals surface area contributed by atoms with Crippen molar-refractivity contribution in [2.75, 3.05) is 13.2 Å². The summed E-state index contributed by atoms with van der Waals surface area (Å²) in [5, 5.41) is 0. The Morgan fingerprint density at radius 3 is 2.80 bits per heavy atom. The lowest BCUT2D eigenvalue weighted by atomic mass is 9.43. The Labute approximate surface area is 177 Å². The van der Waals surface area contributed by atoms with Crippen LogP contribution in [0.1, 0.15) is 46.5 Å². The van der Waals surface area contributed by atoms with E-state index in [0.29, 0.717) is 12.5 Å². The van der Waals surface area contributed by atoms with Gasteiger partial charge in [-0.2, -0.15) is 4.21 Å². The molecular formula is C22H26O7S. The summed E-state index contributed by atoms with van der Waals surface area (Å²) in [7, 11) is 0. The van der Waals surface area contributed by atoms with Crippen molar-refractivity contribution in [2.45, 2.75) is 75.5 Å². The Hall–Kier alpha value is -0.800. The molecule has 30 heavy (non-hydrogen) atoms. The van der Waals surface area contributed by atoms with Gasteiger partial charge in [0.2, 0.25) is 0 Å². The van der Waals surface area contributed by atoms with Gasteiger partial charge < -0.3 is 14.2 Å². The second kappa shape index (κ2) is 4.62. The largest absolute Gasteiger partial charge is 0.458 e. The molecule has 0 aromatic heterocycles. The first kappa shape index (κ1) is 17.7. The standard InChI is InChI=1S/C22H26O7S/c1-10(2)21-16(28-21)14-7-19(14)18(3)5-4-11-12(8-25-17(11)23)13(18)6-15-22(19,27-15)20(21)9-26-30(24)29-20/h10,13-16H,4-9H2,1-3H3/t13-,14-,15?,16-,18-,19-,20-,21-,22-,30?/m0/s1. The van der Waals surface area contributed by atoms with E-state index in [1.165, 1.54) is 5.57 Å². The topological polar surface area (TPSA) is 86.9 Å². The molecule has 4 aliphatic carbocycles. The molecule has 3 saturated heterocycles. The third kappa shape index (κ3) is 1.38. The predicted molar refractivity (Wildman–Crippen MR) is 102 cm³/mol. The SMILES string of the molecule is CC(C)[C@]12O[C@H]1[C@@H]1C[C@]13[C@]1(OC1C[C@H]1C4=C(CC[C@@]13C)C(=O)OC4)[C@]21COS(=O)O1. The molecule has 8 aliphatic rings. The van der Waals surface area contributed by atoms with E-state index in [-0.39, 0.29) is 47.4 Å². The smallest absolute Gasteiger partial charge is 0.334 e.